The van der Waals surface area contributed by atoms with Gasteiger partial charge in [-0.25, -0.2) is 4.98 Å². The minimum Gasteiger partial charge on any atom is -0.397 e. The zero-order chi connectivity index (χ0) is 13.7. The number of nitrogens with zero attached hydrogens (tertiary/aromatic N) is 2. The minimum absolute atomic E-state index is 0.328. The average Bonchev–Trinajstić information content (AvgIpc) is 3.13. The summed E-state index contributed by atoms with van der Waals surface area (Å²) in [5.41, 5.74) is 1.52. The van der Waals surface area contributed by atoms with Crippen LogP contribution in [0.3, 0.4) is 0 Å². The number of hydrogen-bond donors (Lipinski definition) is 1. The molecule has 0 bridgehead atoms. The van der Waals surface area contributed by atoms with E-state index in [0.717, 1.165) is 19.3 Å². The molecule has 1 saturated carbocycles. The number of pyridine rings is 1. The molecule has 2 rings (SSSR count). The Morgan fingerprint density at radius 1 is 1.47 bits per heavy atom. The van der Waals surface area contributed by atoms with Crippen LogP contribution in [0.25, 0.3) is 0 Å². The van der Waals surface area contributed by atoms with Gasteiger partial charge < -0.3 is 4.21 Å². The van der Waals surface area contributed by atoms with Crippen molar-refractivity contribution < 1.29 is 8.68 Å². The van der Waals surface area contributed by atoms with Crippen molar-refractivity contribution in [2.75, 3.05) is 5.75 Å². The molecule has 1 aromatic rings. The molecule has 0 atom stereocenters. The molecule has 1 fully saturated rings. The van der Waals surface area contributed by atoms with Gasteiger partial charge in [0.25, 0.3) is 0 Å². The Bertz CT molecular complexity index is 522. The first-order chi connectivity index (χ1) is 9.13. The lowest BCUT2D eigenvalue weighted by atomic mass is 9.93. The monoisotopic (exact) mass is 301 g/mol. The Morgan fingerprint density at radius 3 is 2.84 bits per heavy atom. The van der Waals surface area contributed by atoms with Crippen LogP contribution in [-0.2, 0) is 21.2 Å². The van der Waals surface area contributed by atoms with E-state index < -0.39 is 10.6 Å². The summed E-state index contributed by atoms with van der Waals surface area (Å²) in [6.45, 7) is 0. The summed E-state index contributed by atoms with van der Waals surface area (Å²) >= 11 is 5.76. The van der Waals surface area contributed by atoms with E-state index in [0.29, 0.717) is 16.3 Å². The van der Waals surface area contributed by atoms with Crippen LogP contribution in [0.15, 0.2) is 23.6 Å². The van der Waals surface area contributed by atoms with E-state index in [4.69, 9.17) is 11.6 Å². The topological polar surface area (TPSA) is 73.4 Å². The molecule has 1 aliphatic rings. The highest BCUT2D eigenvalue weighted by Gasteiger charge is 2.41. The molecule has 1 aliphatic carbocycles. The van der Waals surface area contributed by atoms with Gasteiger partial charge in [0.1, 0.15) is 5.15 Å². The predicted octanol–water partition coefficient (Wildman–Crippen LogP) is 1.75. The summed E-state index contributed by atoms with van der Waals surface area (Å²) in [5.74, 6) is 0.465. The second kappa shape index (κ2) is 6.43. The standard InChI is InChI=1S/C12H16ClN3O2S/c13-11-3-2-10(9-14-11)8-12(5-6-12)4-1-7-19(18)16-15-17/h2-3,9,16H,1,4-8H2. The smallest absolute Gasteiger partial charge is 0.215 e. The molecule has 0 saturated heterocycles. The first-order valence-electron chi connectivity index (χ1n) is 6.20. The van der Waals surface area contributed by atoms with Crippen LogP contribution in [-0.4, -0.2) is 10.7 Å². The lowest BCUT2D eigenvalue weighted by molar-refractivity contribution is -0.437. The fourth-order valence-electron chi connectivity index (χ4n) is 2.30. The molecular weight excluding hydrogens is 286 g/mol. The van der Waals surface area contributed by atoms with Gasteiger partial charge in [-0.05, 0) is 59.1 Å². The van der Waals surface area contributed by atoms with E-state index in [1.165, 1.54) is 18.4 Å². The first-order valence-corrected chi connectivity index (χ1v) is 7.90. The normalized spacial score (nSPS) is 18.2. The van der Waals surface area contributed by atoms with Crippen molar-refractivity contribution in [3.8, 4) is 0 Å². The average molecular weight is 302 g/mol. The third-order valence-electron chi connectivity index (χ3n) is 3.50. The van der Waals surface area contributed by atoms with Crippen molar-refractivity contribution in [2.45, 2.75) is 32.1 Å². The highest BCUT2D eigenvalue weighted by Crippen LogP contribution is 2.52. The molecule has 0 spiro atoms. The van der Waals surface area contributed by atoms with Crippen LogP contribution in [0.1, 0.15) is 31.2 Å². The molecule has 7 heteroatoms. The van der Waals surface area contributed by atoms with Gasteiger partial charge in [0, 0.05) is 6.20 Å². The maximum Gasteiger partial charge on any atom is 0.215 e. The van der Waals surface area contributed by atoms with E-state index in [-0.39, 0.29) is 0 Å². The van der Waals surface area contributed by atoms with Gasteiger partial charge in [0.15, 0.2) is 0 Å². The molecule has 0 unspecified atom stereocenters. The Kier molecular flexibility index (Phi) is 4.87. The van der Waals surface area contributed by atoms with E-state index in [1.807, 2.05) is 22.8 Å². The van der Waals surface area contributed by atoms with Gasteiger partial charge >= 0.3 is 0 Å². The van der Waals surface area contributed by atoms with Crippen molar-refractivity contribution in [1.82, 2.24) is 4.98 Å². The predicted molar refractivity (Wildman–Crippen MR) is 73.5 cm³/mol. The number of nitroso groups, excluding NO2 is 1. The Hall–Kier alpha value is -1.01. The number of hydrogen-bond acceptors (Lipinski definition) is 4. The highest BCUT2D eigenvalue weighted by atomic mass is 35.5. The molecule has 1 heterocycles. The van der Waals surface area contributed by atoms with Crippen LogP contribution in [0, 0.1) is 10.3 Å². The summed E-state index contributed by atoms with van der Waals surface area (Å²) in [4.78, 5) is 14.0. The Balaban J connectivity index is 1.83. The van der Waals surface area contributed by atoms with Gasteiger partial charge in [0.05, 0.1) is 0 Å². The first kappa shape index (κ1) is 14.4. The SMILES string of the molecule is O=N[NH+]=[S-](=O)CCCC1(Cc2ccc(Cl)nc2)CC1. The lowest BCUT2D eigenvalue weighted by Crippen LogP contribution is -2.60. The maximum absolute atomic E-state index is 11.2. The highest BCUT2D eigenvalue weighted by molar-refractivity contribution is 7.71. The second-order valence-corrected chi connectivity index (χ2v) is 6.67. The molecule has 19 heavy (non-hydrogen) atoms. The van der Waals surface area contributed by atoms with E-state index in [9.17, 15) is 9.12 Å². The van der Waals surface area contributed by atoms with Crippen LogP contribution in [0.4, 0.5) is 0 Å². The molecule has 1 N–H and O–H groups in total. The largest absolute Gasteiger partial charge is 0.397 e. The third kappa shape index (κ3) is 4.54. The fourth-order valence-corrected chi connectivity index (χ4v) is 2.99. The van der Waals surface area contributed by atoms with Crippen LogP contribution in [0.2, 0.25) is 5.15 Å². The Labute approximate surface area is 118 Å². The lowest BCUT2D eigenvalue weighted by Gasteiger charge is -2.14. The van der Waals surface area contributed by atoms with Crippen molar-refractivity contribution in [2.24, 2.45) is 10.7 Å². The maximum atomic E-state index is 11.2. The van der Waals surface area contributed by atoms with E-state index in [1.54, 1.807) is 0 Å². The van der Waals surface area contributed by atoms with Crippen molar-refractivity contribution >= 4 is 22.2 Å². The summed E-state index contributed by atoms with van der Waals surface area (Å²) < 4.78 is 13.3. The van der Waals surface area contributed by atoms with Crippen molar-refractivity contribution in [3.05, 3.63) is 34.0 Å². The van der Waals surface area contributed by atoms with Crippen LogP contribution >= 0.6 is 11.6 Å². The zero-order valence-electron chi connectivity index (χ0n) is 10.5. The van der Waals surface area contributed by atoms with Gasteiger partial charge in [0.2, 0.25) is 5.29 Å². The molecule has 0 aliphatic heterocycles. The molecule has 0 radical (unpaired) electrons. The minimum atomic E-state index is -1.34. The molecular formula is C12H16ClN3O2S. The van der Waals surface area contributed by atoms with Gasteiger partial charge in [-0.1, -0.05) is 29.0 Å². The number of rotatable bonds is 7. The summed E-state index contributed by atoms with van der Waals surface area (Å²) in [7, 11) is -1.34. The molecule has 5 nitrogen and oxygen atoms in total. The molecule has 1 aromatic heterocycles. The molecule has 0 aromatic carbocycles. The summed E-state index contributed by atoms with van der Waals surface area (Å²) in [6.07, 6.45) is 7.04. The van der Waals surface area contributed by atoms with Gasteiger partial charge in [-0.15, -0.1) is 0 Å². The quantitative estimate of drug-likeness (QED) is 0.361. The van der Waals surface area contributed by atoms with E-state index in [2.05, 4.69) is 10.3 Å². The zero-order valence-corrected chi connectivity index (χ0v) is 12.0. The van der Waals surface area contributed by atoms with E-state index >= 15 is 0 Å². The second-order valence-electron chi connectivity index (χ2n) is 5.00. The van der Waals surface area contributed by atoms with Gasteiger partial charge in [-0.3, -0.25) is 0 Å². The Morgan fingerprint density at radius 2 is 2.26 bits per heavy atom. The van der Waals surface area contributed by atoms with Gasteiger partial charge in [-0.2, -0.15) is 4.47 Å². The fraction of sp³-hybridized carbons (Fsp3) is 0.583. The van der Waals surface area contributed by atoms with Crippen molar-refractivity contribution in [3.63, 3.8) is 0 Å². The number of halogens is 1. The summed E-state index contributed by atoms with van der Waals surface area (Å²) in [6, 6.07) is 3.81. The van der Waals surface area contributed by atoms with Crippen LogP contribution in [0.5, 0.6) is 0 Å². The van der Waals surface area contributed by atoms with Crippen molar-refractivity contribution in [1.29, 1.82) is 0 Å². The number of aromatic nitrogens is 1. The molecule has 104 valence electrons. The molecule has 0 amide bonds. The number of nitrogens with one attached hydrogen (secondary N) is 1. The summed E-state index contributed by atoms with van der Waals surface area (Å²) in [5, 5.41) is 2.93. The third-order valence-corrected chi connectivity index (χ3v) is 4.66. The van der Waals surface area contributed by atoms with Crippen LogP contribution < -0.4 is 4.47 Å².